The van der Waals surface area contributed by atoms with Crippen LogP contribution in [-0.2, 0) is 11.3 Å². The smallest absolute Gasteiger partial charge is 0.226 e. The Balaban J connectivity index is 1.91. The summed E-state index contributed by atoms with van der Waals surface area (Å²) in [5.74, 6) is 0.862. The van der Waals surface area contributed by atoms with Gasteiger partial charge in [-0.05, 0) is 37.5 Å². The number of benzene rings is 1. The predicted octanol–water partition coefficient (Wildman–Crippen LogP) is 3.05. The minimum absolute atomic E-state index is 0.0203. The van der Waals surface area contributed by atoms with Gasteiger partial charge in [-0.1, -0.05) is 38.1 Å². The maximum Gasteiger partial charge on any atom is 0.226 e. The summed E-state index contributed by atoms with van der Waals surface area (Å²) in [6.07, 6.45) is 6.50. The second-order valence-electron chi connectivity index (χ2n) is 6.32. The second-order valence-corrected chi connectivity index (χ2v) is 6.32. The van der Waals surface area contributed by atoms with E-state index in [-0.39, 0.29) is 11.8 Å². The molecule has 0 fully saturated rings. The second kappa shape index (κ2) is 9.11. The third-order valence-corrected chi connectivity index (χ3v) is 3.86. The number of aliphatic imine (C=N–C) groups is 1. The van der Waals surface area contributed by atoms with Crippen molar-refractivity contribution in [1.82, 2.24) is 10.6 Å². The zero-order valence-corrected chi connectivity index (χ0v) is 14.8. The van der Waals surface area contributed by atoms with Crippen LogP contribution >= 0.6 is 0 Å². The van der Waals surface area contributed by atoms with Crippen LogP contribution in [0.4, 0.5) is 5.69 Å². The van der Waals surface area contributed by atoms with Gasteiger partial charge in [0, 0.05) is 24.2 Å². The summed E-state index contributed by atoms with van der Waals surface area (Å²) in [5.41, 5.74) is 1.93. The first-order valence-electron chi connectivity index (χ1n) is 8.68. The number of guanidine groups is 1. The van der Waals surface area contributed by atoms with Crippen LogP contribution in [0, 0.1) is 5.92 Å². The number of nitrogens with zero attached hydrogens (tertiary/aromatic N) is 1. The molecule has 1 aliphatic rings. The Morgan fingerprint density at radius 2 is 1.88 bits per heavy atom. The van der Waals surface area contributed by atoms with Crippen molar-refractivity contribution in [1.29, 1.82) is 0 Å². The fourth-order valence-corrected chi connectivity index (χ4v) is 2.40. The number of hydrogen-bond acceptors (Lipinski definition) is 2. The molecule has 0 heterocycles. The van der Waals surface area contributed by atoms with Crippen LogP contribution in [0.5, 0.6) is 0 Å². The normalized spacial score (nSPS) is 14.9. The molecule has 0 unspecified atom stereocenters. The minimum Gasteiger partial charge on any atom is -0.357 e. The Hall–Kier alpha value is -2.30. The van der Waals surface area contributed by atoms with E-state index in [4.69, 9.17) is 0 Å². The van der Waals surface area contributed by atoms with Gasteiger partial charge in [0.1, 0.15) is 0 Å². The Labute approximate surface area is 144 Å². The summed E-state index contributed by atoms with van der Waals surface area (Å²) < 4.78 is 0. The molecule has 0 aromatic heterocycles. The van der Waals surface area contributed by atoms with Crippen LogP contribution < -0.4 is 16.0 Å². The SMILES string of the molecule is CCNC(=NCc1ccc(NC(=O)C(C)C)cc1)NC1CC=CC1. The van der Waals surface area contributed by atoms with E-state index in [1.807, 2.05) is 38.1 Å². The fourth-order valence-electron chi connectivity index (χ4n) is 2.40. The van der Waals surface area contributed by atoms with E-state index in [9.17, 15) is 4.79 Å². The van der Waals surface area contributed by atoms with E-state index in [0.29, 0.717) is 12.6 Å². The molecule has 0 spiro atoms. The highest BCUT2D eigenvalue weighted by Gasteiger charge is 2.11. The maximum absolute atomic E-state index is 11.7. The van der Waals surface area contributed by atoms with Crippen molar-refractivity contribution in [2.24, 2.45) is 10.9 Å². The molecule has 0 atom stereocenters. The maximum atomic E-state index is 11.7. The van der Waals surface area contributed by atoms with Crippen LogP contribution in [0.2, 0.25) is 0 Å². The van der Waals surface area contributed by atoms with Gasteiger partial charge < -0.3 is 16.0 Å². The Kier molecular flexibility index (Phi) is 6.85. The Morgan fingerprint density at radius 3 is 2.46 bits per heavy atom. The Bertz CT molecular complexity index is 582. The van der Waals surface area contributed by atoms with Crippen LogP contribution in [0.3, 0.4) is 0 Å². The predicted molar refractivity (Wildman–Crippen MR) is 100 cm³/mol. The number of carbonyl (C=O) groups excluding carboxylic acids is 1. The van der Waals surface area contributed by atoms with Crippen LogP contribution in [0.25, 0.3) is 0 Å². The van der Waals surface area contributed by atoms with Gasteiger partial charge in [0.15, 0.2) is 5.96 Å². The number of amides is 1. The molecule has 3 N–H and O–H groups in total. The van der Waals surface area contributed by atoms with Gasteiger partial charge in [-0.2, -0.15) is 0 Å². The quantitative estimate of drug-likeness (QED) is 0.427. The van der Waals surface area contributed by atoms with Crippen LogP contribution in [0.15, 0.2) is 41.4 Å². The number of carbonyl (C=O) groups is 1. The van der Waals surface area contributed by atoms with Crippen molar-refractivity contribution in [3.05, 3.63) is 42.0 Å². The van der Waals surface area contributed by atoms with Gasteiger partial charge in [0.05, 0.1) is 6.54 Å². The van der Waals surface area contributed by atoms with Gasteiger partial charge in [-0.15, -0.1) is 0 Å². The zero-order chi connectivity index (χ0) is 17.4. The molecular weight excluding hydrogens is 300 g/mol. The number of nitrogens with one attached hydrogen (secondary N) is 3. The summed E-state index contributed by atoms with van der Waals surface area (Å²) >= 11 is 0. The molecule has 24 heavy (non-hydrogen) atoms. The lowest BCUT2D eigenvalue weighted by atomic mass is 10.1. The first-order chi connectivity index (χ1) is 11.6. The molecule has 0 radical (unpaired) electrons. The molecule has 1 aliphatic carbocycles. The lowest BCUT2D eigenvalue weighted by Crippen LogP contribution is -2.42. The number of hydrogen-bond donors (Lipinski definition) is 3. The monoisotopic (exact) mass is 328 g/mol. The number of anilines is 1. The lowest BCUT2D eigenvalue weighted by Gasteiger charge is -2.16. The lowest BCUT2D eigenvalue weighted by molar-refractivity contribution is -0.118. The van der Waals surface area contributed by atoms with E-state index < -0.39 is 0 Å². The fraction of sp³-hybridized carbons (Fsp3) is 0.474. The van der Waals surface area contributed by atoms with E-state index >= 15 is 0 Å². The molecule has 0 bridgehead atoms. The van der Waals surface area contributed by atoms with Crippen molar-refractivity contribution >= 4 is 17.6 Å². The standard InChI is InChI=1S/C19H28N4O/c1-4-20-19(23-16-7-5-6-8-16)21-13-15-9-11-17(12-10-15)22-18(24)14(2)3/h5-6,9-12,14,16H,4,7-8,13H2,1-3H3,(H,22,24)(H2,20,21,23). The number of rotatable bonds is 6. The van der Waals surface area contributed by atoms with E-state index in [0.717, 1.165) is 36.6 Å². The van der Waals surface area contributed by atoms with Gasteiger partial charge in [0.25, 0.3) is 0 Å². The minimum atomic E-state index is -0.0203. The summed E-state index contributed by atoms with van der Waals surface area (Å²) in [6.45, 7) is 7.28. The summed E-state index contributed by atoms with van der Waals surface area (Å²) in [4.78, 5) is 16.3. The van der Waals surface area contributed by atoms with Gasteiger partial charge in [-0.3, -0.25) is 4.79 Å². The van der Waals surface area contributed by atoms with Crippen LogP contribution in [-0.4, -0.2) is 24.5 Å². The highest BCUT2D eigenvalue weighted by molar-refractivity contribution is 5.92. The molecule has 0 saturated carbocycles. The molecule has 130 valence electrons. The van der Waals surface area contributed by atoms with Crippen molar-refractivity contribution in [2.75, 3.05) is 11.9 Å². The molecule has 2 rings (SSSR count). The molecule has 1 aromatic rings. The molecule has 5 heteroatoms. The summed E-state index contributed by atoms with van der Waals surface area (Å²) in [5, 5.41) is 9.64. The third kappa shape index (κ3) is 5.72. The van der Waals surface area contributed by atoms with E-state index in [1.165, 1.54) is 0 Å². The summed E-state index contributed by atoms with van der Waals surface area (Å²) in [7, 11) is 0. The summed E-state index contributed by atoms with van der Waals surface area (Å²) in [6, 6.07) is 8.29. The average Bonchev–Trinajstić information content (AvgIpc) is 3.07. The largest absolute Gasteiger partial charge is 0.357 e. The molecule has 5 nitrogen and oxygen atoms in total. The van der Waals surface area contributed by atoms with Gasteiger partial charge in [0.2, 0.25) is 5.91 Å². The third-order valence-electron chi connectivity index (χ3n) is 3.86. The molecule has 1 aromatic carbocycles. The first kappa shape index (κ1) is 18.0. The van der Waals surface area contributed by atoms with Crippen molar-refractivity contribution in [3.63, 3.8) is 0 Å². The Morgan fingerprint density at radius 1 is 1.21 bits per heavy atom. The van der Waals surface area contributed by atoms with Crippen molar-refractivity contribution < 1.29 is 4.79 Å². The molecule has 0 saturated heterocycles. The molecular formula is C19H28N4O. The topological polar surface area (TPSA) is 65.5 Å². The van der Waals surface area contributed by atoms with E-state index in [2.05, 4.69) is 40.0 Å². The van der Waals surface area contributed by atoms with Crippen LogP contribution in [0.1, 0.15) is 39.2 Å². The van der Waals surface area contributed by atoms with Gasteiger partial charge >= 0.3 is 0 Å². The highest BCUT2D eigenvalue weighted by atomic mass is 16.1. The molecule has 1 amide bonds. The average molecular weight is 328 g/mol. The zero-order valence-electron chi connectivity index (χ0n) is 14.8. The van der Waals surface area contributed by atoms with Crippen molar-refractivity contribution in [3.8, 4) is 0 Å². The van der Waals surface area contributed by atoms with Crippen molar-refractivity contribution in [2.45, 2.75) is 46.2 Å². The van der Waals surface area contributed by atoms with Gasteiger partial charge in [-0.25, -0.2) is 4.99 Å². The molecule has 0 aliphatic heterocycles. The first-order valence-corrected chi connectivity index (χ1v) is 8.68. The highest BCUT2D eigenvalue weighted by Crippen LogP contribution is 2.12. The van der Waals surface area contributed by atoms with E-state index in [1.54, 1.807) is 0 Å².